The minimum absolute atomic E-state index is 0.239. The summed E-state index contributed by atoms with van der Waals surface area (Å²) in [5.41, 5.74) is 2.56. The average Bonchev–Trinajstić information content (AvgIpc) is 3.15. The molecule has 4 nitrogen and oxygen atoms in total. The normalized spacial score (nSPS) is 14.4. The molecule has 0 amide bonds. The van der Waals surface area contributed by atoms with Gasteiger partial charge in [0.2, 0.25) is 0 Å². The van der Waals surface area contributed by atoms with E-state index in [4.69, 9.17) is 4.74 Å². The standard InChI is InChI=1S/C17H20N2O2S/c1-12-16(18-13(2)22-12)11-21-17(20)14-6-5-7-15(10-14)19-8-3-4-9-19/h5-7,10H,3-4,8-9,11H2,1-2H3. The van der Waals surface area contributed by atoms with Crippen LogP contribution in [-0.2, 0) is 11.3 Å². The van der Waals surface area contributed by atoms with Crippen molar-refractivity contribution in [3.8, 4) is 0 Å². The summed E-state index contributed by atoms with van der Waals surface area (Å²) in [5.74, 6) is -0.286. The van der Waals surface area contributed by atoms with E-state index in [9.17, 15) is 4.79 Å². The monoisotopic (exact) mass is 316 g/mol. The van der Waals surface area contributed by atoms with Crippen molar-refractivity contribution in [2.24, 2.45) is 0 Å². The van der Waals surface area contributed by atoms with E-state index in [1.807, 2.05) is 26.0 Å². The summed E-state index contributed by atoms with van der Waals surface area (Å²) in [7, 11) is 0. The molecule has 0 bridgehead atoms. The Morgan fingerprint density at radius 1 is 1.32 bits per heavy atom. The van der Waals surface area contributed by atoms with Crippen LogP contribution in [0.1, 0.15) is 38.8 Å². The molecule has 1 aliphatic rings. The number of aryl methyl sites for hydroxylation is 2. The maximum absolute atomic E-state index is 12.2. The Kier molecular flexibility index (Phi) is 4.43. The maximum Gasteiger partial charge on any atom is 0.338 e. The number of benzene rings is 1. The molecule has 2 heterocycles. The van der Waals surface area contributed by atoms with Crippen LogP contribution in [0.25, 0.3) is 0 Å². The molecule has 1 saturated heterocycles. The highest BCUT2D eigenvalue weighted by molar-refractivity contribution is 7.11. The predicted octanol–water partition coefficient (Wildman–Crippen LogP) is 3.72. The first-order valence-electron chi connectivity index (χ1n) is 7.58. The van der Waals surface area contributed by atoms with Gasteiger partial charge in [0.15, 0.2) is 0 Å². The third kappa shape index (κ3) is 3.30. The van der Waals surface area contributed by atoms with Crippen LogP contribution < -0.4 is 4.90 Å². The predicted molar refractivity (Wildman–Crippen MR) is 88.6 cm³/mol. The molecule has 0 N–H and O–H groups in total. The van der Waals surface area contributed by atoms with Crippen molar-refractivity contribution >= 4 is 23.0 Å². The zero-order valence-electron chi connectivity index (χ0n) is 13.0. The van der Waals surface area contributed by atoms with Crippen molar-refractivity contribution in [1.29, 1.82) is 0 Å². The molecule has 22 heavy (non-hydrogen) atoms. The van der Waals surface area contributed by atoms with E-state index in [1.165, 1.54) is 12.8 Å². The number of thiazole rings is 1. The van der Waals surface area contributed by atoms with Gasteiger partial charge in [-0.3, -0.25) is 0 Å². The van der Waals surface area contributed by atoms with Crippen LogP contribution in [-0.4, -0.2) is 24.0 Å². The van der Waals surface area contributed by atoms with Gasteiger partial charge < -0.3 is 9.64 Å². The second kappa shape index (κ2) is 6.48. The summed E-state index contributed by atoms with van der Waals surface area (Å²) in [6.45, 7) is 6.33. The number of rotatable bonds is 4. The van der Waals surface area contributed by atoms with Crippen LogP contribution in [0.2, 0.25) is 0 Å². The van der Waals surface area contributed by atoms with Crippen LogP contribution in [0.5, 0.6) is 0 Å². The topological polar surface area (TPSA) is 42.4 Å². The molecule has 1 aromatic carbocycles. The Morgan fingerprint density at radius 2 is 2.09 bits per heavy atom. The Balaban J connectivity index is 1.67. The highest BCUT2D eigenvalue weighted by Crippen LogP contribution is 2.22. The molecular weight excluding hydrogens is 296 g/mol. The summed E-state index contributed by atoms with van der Waals surface area (Å²) in [6.07, 6.45) is 2.44. The van der Waals surface area contributed by atoms with Crippen molar-refractivity contribution in [3.63, 3.8) is 0 Å². The van der Waals surface area contributed by atoms with E-state index in [2.05, 4.69) is 16.0 Å². The number of hydrogen-bond donors (Lipinski definition) is 0. The number of esters is 1. The number of aromatic nitrogens is 1. The molecule has 3 rings (SSSR count). The molecule has 1 aliphatic heterocycles. The van der Waals surface area contributed by atoms with E-state index in [-0.39, 0.29) is 12.6 Å². The summed E-state index contributed by atoms with van der Waals surface area (Å²) < 4.78 is 5.41. The molecule has 2 aromatic rings. The van der Waals surface area contributed by atoms with Crippen LogP contribution in [0.4, 0.5) is 5.69 Å². The van der Waals surface area contributed by atoms with Gasteiger partial charge in [-0.1, -0.05) is 6.07 Å². The zero-order valence-corrected chi connectivity index (χ0v) is 13.8. The fraction of sp³-hybridized carbons (Fsp3) is 0.412. The number of nitrogens with zero attached hydrogens (tertiary/aromatic N) is 2. The molecule has 0 atom stereocenters. The lowest BCUT2D eigenvalue weighted by Gasteiger charge is -2.18. The Bertz CT molecular complexity index is 675. The van der Waals surface area contributed by atoms with Gasteiger partial charge in [0.05, 0.1) is 16.3 Å². The first-order valence-corrected chi connectivity index (χ1v) is 8.40. The van der Waals surface area contributed by atoms with Gasteiger partial charge in [0, 0.05) is 23.7 Å². The fourth-order valence-corrected chi connectivity index (χ4v) is 3.55. The van der Waals surface area contributed by atoms with Crippen molar-refractivity contribution in [3.05, 3.63) is 45.4 Å². The Morgan fingerprint density at radius 3 is 2.77 bits per heavy atom. The van der Waals surface area contributed by atoms with Crippen molar-refractivity contribution in [2.75, 3.05) is 18.0 Å². The van der Waals surface area contributed by atoms with Crippen molar-refractivity contribution in [2.45, 2.75) is 33.3 Å². The van der Waals surface area contributed by atoms with Gasteiger partial charge in [-0.2, -0.15) is 0 Å². The van der Waals surface area contributed by atoms with Gasteiger partial charge in [0.25, 0.3) is 0 Å². The van der Waals surface area contributed by atoms with Gasteiger partial charge in [-0.25, -0.2) is 9.78 Å². The maximum atomic E-state index is 12.2. The second-order valence-corrected chi connectivity index (χ2v) is 6.96. The molecule has 0 saturated carbocycles. The molecule has 0 unspecified atom stereocenters. The lowest BCUT2D eigenvalue weighted by molar-refractivity contribution is 0.0467. The molecule has 116 valence electrons. The fourth-order valence-electron chi connectivity index (χ4n) is 2.73. The van der Waals surface area contributed by atoms with Crippen molar-refractivity contribution < 1.29 is 9.53 Å². The van der Waals surface area contributed by atoms with E-state index in [0.29, 0.717) is 5.56 Å². The number of ether oxygens (including phenoxy) is 1. The SMILES string of the molecule is Cc1nc(COC(=O)c2cccc(N3CCCC3)c2)c(C)s1. The summed E-state index contributed by atoms with van der Waals surface area (Å²) in [5, 5.41) is 1.000. The molecule has 0 spiro atoms. The first kappa shape index (κ1) is 15.0. The number of carbonyl (C=O) groups excluding carboxylic acids is 1. The third-order valence-electron chi connectivity index (χ3n) is 3.89. The number of anilines is 1. The van der Waals surface area contributed by atoms with E-state index < -0.39 is 0 Å². The quantitative estimate of drug-likeness (QED) is 0.806. The molecule has 5 heteroatoms. The smallest absolute Gasteiger partial charge is 0.338 e. The summed E-state index contributed by atoms with van der Waals surface area (Å²) in [4.78, 5) is 20.0. The van der Waals surface area contributed by atoms with Crippen LogP contribution in [0.15, 0.2) is 24.3 Å². The highest BCUT2D eigenvalue weighted by atomic mass is 32.1. The van der Waals surface area contributed by atoms with Gasteiger partial charge >= 0.3 is 5.97 Å². The summed E-state index contributed by atoms with van der Waals surface area (Å²) in [6, 6.07) is 7.70. The van der Waals surface area contributed by atoms with E-state index in [1.54, 1.807) is 17.4 Å². The Hall–Kier alpha value is -1.88. The highest BCUT2D eigenvalue weighted by Gasteiger charge is 2.15. The average molecular weight is 316 g/mol. The third-order valence-corrected chi connectivity index (χ3v) is 4.82. The minimum atomic E-state index is -0.286. The van der Waals surface area contributed by atoms with Crippen LogP contribution in [0.3, 0.4) is 0 Å². The van der Waals surface area contributed by atoms with Crippen molar-refractivity contribution in [1.82, 2.24) is 4.98 Å². The largest absolute Gasteiger partial charge is 0.456 e. The number of hydrogen-bond acceptors (Lipinski definition) is 5. The number of carbonyl (C=O) groups is 1. The molecular formula is C17H20N2O2S. The van der Waals surface area contributed by atoms with Crippen LogP contribution >= 0.6 is 11.3 Å². The molecule has 0 aliphatic carbocycles. The second-order valence-electron chi connectivity index (χ2n) is 5.56. The lowest BCUT2D eigenvalue weighted by Crippen LogP contribution is -2.18. The summed E-state index contributed by atoms with van der Waals surface area (Å²) >= 11 is 1.63. The van der Waals surface area contributed by atoms with Gasteiger partial charge in [-0.15, -0.1) is 11.3 Å². The van der Waals surface area contributed by atoms with Gasteiger partial charge in [0.1, 0.15) is 6.61 Å². The lowest BCUT2D eigenvalue weighted by atomic mass is 10.2. The molecule has 0 radical (unpaired) electrons. The van der Waals surface area contributed by atoms with E-state index >= 15 is 0 Å². The molecule has 1 aromatic heterocycles. The zero-order chi connectivity index (χ0) is 15.5. The minimum Gasteiger partial charge on any atom is -0.456 e. The van der Waals surface area contributed by atoms with E-state index in [0.717, 1.165) is 34.4 Å². The first-order chi connectivity index (χ1) is 10.6. The van der Waals surface area contributed by atoms with Gasteiger partial charge in [-0.05, 0) is 44.9 Å². The van der Waals surface area contributed by atoms with Crippen LogP contribution in [0, 0.1) is 13.8 Å². The Labute approximate surface area is 134 Å². The molecule has 1 fully saturated rings.